The van der Waals surface area contributed by atoms with E-state index >= 15 is 0 Å². The third kappa shape index (κ3) is 3.31. The van der Waals surface area contributed by atoms with Gasteiger partial charge in [0.15, 0.2) is 0 Å². The van der Waals surface area contributed by atoms with Crippen molar-refractivity contribution in [3.05, 3.63) is 33.1 Å². The van der Waals surface area contributed by atoms with Gasteiger partial charge >= 0.3 is 5.69 Å². The molecule has 0 radical (unpaired) electrons. The van der Waals surface area contributed by atoms with Gasteiger partial charge in [0.05, 0.1) is 12.7 Å². The van der Waals surface area contributed by atoms with Crippen LogP contribution in [0.25, 0.3) is 0 Å². The van der Waals surface area contributed by atoms with Crippen molar-refractivity contribution in [2.24, 2.45) is 0 Å². The Morgan fingerprint density at radius 2 is 2.35 bits per heavy atom. The number of H-pyrrole nitrogens is 1. The summed E-state index contributed by atoms with van der Waals surface area (Å²) in [4.78, 5) is 24.5. The first kappa shape index (κ1) is 13.2. The lowest BCUT2D eigenvalue weighted by molar-refractivity contribution is 0.0371. The van der Waals surface area contributed by atoms with Gasteiger partial charge in [-0.15, -0.1) is 6.42 Å². The van der Waals surface area contributed by atoms with Gasteiger partial charge in [-0.25, -0.2) is 4.79 Å². The van der Waals surface area contributed by atoms with Crippen molar-refractivity contribution in [3.63, 3.8) is 0 Å². The number of aliphatic hydroxyl groups is 1. The lowest BCUT2D eigenvalue weighted by atomic mass is 10.1. The van der Waals surface area contributed by atoms with Gasteiger partial charge in [0.1, 0.15) is 6.04 Å². The molecule has 0 aliphatic carbocycles. The molecule has 2 atom stereocenters. The van der Waals surface area contributed by atoms with E-state index < -0.39 is 23.4 Å². The highest BCUT2D eigenvalue weighted by Crippen LogP contribution is 2.11. The number of hydrogen-bond donors (Lipinski definition) is 2. The van der Waals surface area contributed by atoms with Gasteiger partial charge in [-0.3, -0.25) is 14.3 Å². The first-order chi connectivity index (χ1) is 8.12. The summed E-state index contributed by atoms with van der Waals surface area (Å²) in [5, 5.41) is 8.99. The second kappa shape index (κ2) is 6.03. The van der Waals surface area contributed by atoms with Gasteiger partial charge in [0.2, 0.25) is 0 Å². The van der Waals surface area contributed by atoms with Crippen LogP contribution in [-0.4, -0.2) is 34.5 Å². The van der Waals surface area contributed by atoms with E-state index in [-0.39, 0.29) is 13.0 Å². The van der Waals surface area contributed by atoms with E-state index in [0.717, 1.165) is 0 Å². The first-order valence-corrected chi connectivity index (χ1v) is 5.03. The molecule has 2 N–H and O–H groups in total. The third-order valence-corrected chi connectivity index (χ3v) is 2.40. The molecule has 0 bridgehead atoms. The summed E-state index contributed by atoms with van der Waals surface area (Å²) in [5.41, 5.74) is -1.05. The standard InChI is InChI=1S/C11H14N2O4/c1-3-8(6-9(7-14)17-2)13-5-4-10(15)12-11(13)16/h1,4-5,8-9,14H,6-7H2,2H3,(H,12,15,16)/t8-,9?/m0/s1. The van der Waals surface area contributed by atoms with Crippen LogP contribution in [0.3, 0.4) is 0 Å². The summed E-state index contributed by atoms with van der Waals surface area (Å²) >= 11 is 0. The van der Waals surface area contributed by atoms with E-state index in [4.69, 9.17) is 16.3 Å². The molecule has 1 rings (SSSR count). The molecule has 0 saturated heterocycles. The summed E-state index contributed by atoms with van der Waals surface area (Å²) in [6.07, 6.45) is 6.50. The van der Waals surface area contributed by atoms with Crippen LogP contribution in [0.1, 0.15) is 12.5 Å². The van der Waals surface area contributed by atoms with Crippen LogP contribution in [0, 0.1) is 12.3 Å². The minimum Gasteiger partial charge on any atom is -0.394 e. The molecular weight excluding hydrogens is 224 g/mol. The van der Waals surface area contributed by atoms with Crippen molar-refractivity contribution in [3.8, 4) is 12.3 Å². The monoisotopic (exact) mass is 238 g/mol. The molecule has 0 saturated carbocycles. The molecule has 0 aliphatic rings. The number of rotatable bonds is 5. The Morgan fingerprint density at radius 3 is 2.82 bits per heavy atom. The zero-order valence-corrected chi connectivity index (χ0v) is 9.42. The molecule has 0 aliphatic heterocycles. The largest absolute Gasteiger partial charge is 0.394 e. The van der Waals surface area contributed by atoms with E-state index in [2.05, 4.69) is 10.9 Å². The van der Waals surface area contributed by atoms with Crippen LogP contribution in [0.15, 0.2) is 21.9 Å². The SMILES string of the molecule is C#C[C@@H](CC(CO)OC)n1ccc(=O)[nH]c1=O. The fourth-order valence-electron chi connectivity index (χ4n) is 1.43. The zero-order chi connectivity index (χ0) is 12.8. The van der Waals surface area contributed by atoms with Crippen molar-refractivity contribution < 1.29 is 9.84 Å². The van der Waals surface area contributed by atoms with Crippen molar-refractivity contribution >= 4 is 0 Å². The predicted molar refractivity (Wildman–Crippen MR) is 61.7 cm³/mol. The van der Waals surface area contributed by atoms with Crippen molar-refractivity contribution in [2.75, 3.05) is 13.7 Å². The number of nitrogens with zero attached hydrogens (tertiary/aromatic N) is 1. The van der Waals surface area contributed by atoms with E-state index in [1.54, 1.807) is 0 Å². The molecule has 92 valence electrons. The average molecular weight is 238 g/mol. The highest BCUT2D eigenvalue weighted by atomic mass is 16.5. The number of aliphatic hydroxyl groups excluding tert-OH is 1. The van der Waals surface area contributed by atoms with E-state index in [0.29, 0.717) is 0 Å². The van der Waals surface area contributed by atoms with E-state index in [1.807, 2.05) is 0 Å². The number of terminal acetylenes is 1. The Hall–Kier alpha value is -1.84. The summed E-state index contributed by atoms with van der Waals surface area (Å²) in [6.45, 7) is -0.188. The maximum absolute atomic E-state index is 11.5. The lowest BCUT2D eigenvalue weighted by Gasteiger charge is -2.18. The molecule has 17 heavy (non-hydrogen) atoms. The average Bonchev–Trinajstić information content (AvgIpc) is 2.32. The minimum absolute atomic E-state index is 0.188. The number of methoxy groups -OCH3 is 1. The van der Waals surface area contributed by atoms with Crippen molar-refractivity contribution in [1.29, 1.82) is 0 Å². The van der Waals surface area contributed by atoms with Crippen LogP contribution < -0.4 is 11.2 Å². The maximum atomic E-state index is 11.5. The normalized spacial score (nSPS) is 13.9. The van der Waals surface area contributed by atoms with E-state index in [1.165, 1.54) is 23.9 Å². The summed E-state index contributed by atoms with van der Waals surface area (Å²) < 4.78 is 6.21. The minimum atomic E-state index is -0.576. The fraction of sp³-hybridized carbons (Fsp3) is 0.455. The van der Waals surface area contributed by atoms with Gasteiger partial charge in [0, 0.05) is 25.8 Å². The molecule has 0 aromatic carbocycles. The molecule has 1 heterocycles. The van der Waals surface area contributed by atoms with Crippen molar-refractivity contribution in [2.45, 2.75) is 18.6 Å². The van der Waals surface area contributed by atoms with Crippen molar-refractivity contribution in [1.82, 2.24) is 9.55 Å². The summed E-state index contributed by atoms with van der Waals surface area (Å²) in [6, 6.07) is 0.642. The predicted octanol–water partition coefficient (Wildman–Crippen LogP) is -0.892. The van der Waals surface area contributed by atoms with Crippen LogP contribution in [0.4, 0.5) is 0 Å². The molecule has 0 spiro atoms. The zero-order valence-electron chi connectivity index (χ0n) is 9.42. The first-order valence-electron chi connectivity index (χ1n) is 5.03. The molecule has 0 amide bonds. The third-order valence-electron chi connectivity index (χ3n) is 2.40. The number of nitrogens with one attached hydrogen (secondary N) is 1. The molecule has 1 unspecified atom stereocenters. The maximum Gasteiger partial charge on any atom is 0.329 e. The Kier molecular flexibility index (Phi) is 4.69. The number of aromatic amines is 1. The molecule has 6 heteroatoms. The topological polar surface area (TPSA) is 84.3 Å². The van der Waals surface area contributed by atoms with Gasteiger partial charge in [0.25, 0.3) is 5.56 Å². The van der Waals surface area contributed by atoms with Crippen LogP contribution >= 0.6 is 0 Å². The molecular formula is C11H14N2O4. The Balaban J connectivity index is 2.99. The number of hydrogen-bond acceptors (Lipinski definition) is 4. The smallest absolute Gasteiger partial charge is 0.329 e. The Morgan fingerprint density at radius 1 is 1.65 bits per heavy atom. The van der Waals surface area contributed by atoms with Gasteiger partial charge in [-0.1, -0.05) is 5.92 Å². The highest BCUT2D eigenvalue weighted by Gasteiger charge is 2.16. The summed E-state index contributed by atoms with van der Waals surface area (Å²) in [7, 11) is 1.45. The van der Waals surface area contributed by atoms with Crippen LogP contribution in [0.5, 0.6) is 0 Å². The molecule has 1 aromatic rings. The van der Waals surface area contributed by atoms with E-state index in [9.17, 15) is 9.59 Å². The second-order valence-corrected chi connectivity index (χ2v) is 3.48. The Labute approximate surface area is 97.9 Å². The summed E-state index contributed by atoms with van der Waals surface area (Å²) in [5.74, 6) is 2.43. The van der Waals surface area contributed by atoms with Gasteiger partial charge in [-0.05, 0) is 0 Å². The fourth-order valence-corrected chi connectivity index (χ4v) is 1.43. The second-order valence-electron chi connectivity index (χ2n) is 3.48. The number of ether oxygens (including phenoxy) is 1. The highest BCUT2D eigenvalue weighted by molar-refractivity contribution is 5.01. The Bertz CT molecular complexity index is 507. The van der Waals surface area contributed by atoms with Gasteiger partial charge in [-0.2, -0.15) is 0 Å². The quantitative estimate of drug-likeness (QED) is 0.652. The molecule has 1 aromatic heterocycles. The van der Waals surface area contributed by atoms with Gasteiger partial charge < -0.3 is 9.84 Å². The van der Waals surface area contributed by atoms with Crippen LogP contribution in [-0.2, 0) is 4.74 Å². The lowest BCUT2D eigenvalue weighted by Crippen LogP contribution is -2.33. The molecule has 0 fully saturated rings. The molecule has 6 nitrogen and oxygen atoms in total. The number of aromatic nitrogens is 2. The van der Waals surface area contributed by atoms with Crippen LogP contribution in [0.2, 0.25) is 0 Å².